The first kappa shape index (κ1) is 15.4. The molecule has 22 heavy (non-hydrogen) atoms. The van der Waals surface area contributed by atoms with E-state index in [4.69, 9.17) is 4.74 Å². The van der Waals surface area contributed by atoms with Crippen LogP contribution in [-0.2, 0) is 0 Å². The van der Waals surface area contributed by atoms with Gasteiger partial charge in [0.1, 0.15) is 18.0 Å². The second kappa shape index (κ2) is 6.71. The van der Waals surface area contributed by atoms with Crippen molar-refractivity contribution in [2.75, 3.05) is 13.2 Å². The topological polar surface area (TPSA) is 57.3 Å². The number of aliphatic hydroxyl groups is 1. The van der Waals surface area contributed by atoms with Crippen molar-refractivity contribution in [1.29, 1.82) is 0 Å². The van der Waals surface area contributed by atoms with Gasteiger partial charge >= 0.3 is 0 Å². The molecular weight excluding hydrogens is 276 g/mol. The van der Waals surface area contributed by atoms with Crippen LogP contribution in [-0.4, -0.2) is 34.9 Å². The van der Waals surface area contributed by atoms with Gasteiger partial charge in [-0.3, -0.25) is 0 Å². The van der Waals surface area contributed by atoms with Gasteiger partial charge in [0.15, 0.2) is 0 Å². The Balaban J connectivity index is 1.54. The molecule has 4 heteroatoms. The van der Waals surface area contributed by atoms with E-state index in [1.807, 2.05) is 37.4 Å². The molecule has 1 aromatic carbocycles. The summed E-state index contributed by atoms with van der Waals surface area (Å²) >= 11 is 0. The van der Waals surface area contributed by atoms with Crippen molar-refractivity contribution in [3.05, 3.63) is 30.5 Å². The molecule has 0 saturated heterocycles. The Morgan fingerprint density at radius 3 is 2.91 bits per heavy atom. The molecule has 1 fully saturated rings. The van der Waals surface area contributed by atoms with Gasteiger partial charge in [0, 0.05) is 29.7 Å². The van der Waals surface area contributed by atoms with E-state index in [1.54, 1.807) is 0 Å². The molecule has 0 bridgehead atoms. The lowest BCUT2D eigenvalue weighted by atomic mass is 9.95. The van der Waals surface area contributed by atoms with E-state index < -0.39 is 5.60 Å². The Bertz CT molecular complexity index is 600. The zero-order valence-electron chi connectivity index (χ0n) is 13.3. The second-order valence-electron chi connectivity index (χ2n) is 6.70. The van der Waals surface area contributed by atoms with Crippen LogP contribution in [0.2, 0.25) is 0 Å². The van der Waals surface area contributed by atoms with Crippen LogP contribution >= 0.6 is 0 Å². The van der Waals surface area contributed by atoms with Gasteiger partial charge in [-0.05, 0) is 38.0 Å². The van der Waals surface area contributed by atoms with Crippen LogP contribution in [0.25, 0.3) is 10.9 Å². The number of aromatic nitrogens is 1. The second-order valence-corrected chi connectivity index (χ2v) is 6.70. The molecule has 1 saturated carbocycles. The minimum atomic E-state index is -0.865. The summed E-state index contributed by atoms with van der Waals surface area (Å²) in [5.41, 5.74) is 0.188. The summed E-state index contributed by atoms with van der Waals surface area (Å²) in [6.07, 6.45) is 8.29. The van der Waals surface area contributed by atoms with Crippen LogP contribution in [0, 0.1) is 0 Å². The largest absolute Gasteiger partial charge is 0.490 e. The number of H-pyrrole nitrogens is 1. The number of rotatable bonds is 6. The van der Waals surface area contributed by atoms with E-state index in [0.717, 1.165) is 16.7 Å². The molecule has 3 rings (SSSR count). The van der Waals surface area contributed by atoms with Crippen molar-refractivity contribution in [3.8, 4) is 5.75 Å². The molecule has 0 aliphatic heterocycles. The number of aromatic amines is 1. The van der Waals surface area contributed by atoms with Crippen molar-refractivity contribution in [1.82, 2.24) is 10.3 Å². The molecule has 2 aromatic rings. The molecule has 1 heterocycles. The SMILES string of the molecule is C[C@](O)(CNC1CCCCC1)COc1cccc2[nH]ccc12. The fourth-order valence-electron chi connectivity index (χ4n) is 3.14. The maximum absolute atomic E-state index is 10.5. The summed E-state index contributed by atoms with van der Waals surface area (Å²) in [7, 11) is 0. The highest BCUT2D eigenvalue weighted by Gasteiger charge is 2.24. The Hall–Kier alpha value is -1.52. The number of hydrogen-bond donors (Lipinski definition) is 3. The molecule has 0 radical (unpaired) electrons. The quantitative estimate of drug-likeness (QED) is 0.768. The number of benzene rings is 1. The number of ether oxygens (including phenoxy) is 1. The first-order chi connectivity index (χ1) is 10.6. The van der Waals surface area contributed by atoms with Crippen LogP contribution in [0.15, 0.2) is 30.5 Å². The highest BCUT2D eigenvalue weighted by Crippen LogP contribution is 2.25. The standard InChI is InChI=1S/C18H26N2O2/c1-18(21,12-20-14-6-3-2-4-7-14)13-22-17-9-5-8-16-15(17)10-11-19-16/h5,8-11,14,19-21H,2-4,6-7,12-13H2,1H3/t18-/m0/s1. The van der Waals surface area contributed by atoms with Gasteiger partial charge in [0.2, 0.25) is 0 Å². The van der Waals surface area contributed by atoms with Crippen LogP contribution in [0.1, 0.15) is 39.0 Å². The van der Waals surface area contributed by atoms with E-state index in [-0.39, 0.29) is 6.61 Å². The predicted molar refractivity (Wildman–Crippen MR) is 89.3 cm³/mol. The summed E-state index contributed by atoms with van der Waals surface area (Å²) in [6, 6.07) is 8.47. The molecular formula is C18H26N2O2. The number of hydrogen-bond acceptors (Lipinski definition) is 3. The molecule has 1 aliphatic carbocycles. The van der Waals surface area contributed by atoms with Crippen LogP contribution in [0.4, 0.5) is 0 Å². The predicted octanol–water partition coefficient (Wildman–Crippen LogP) is 3.22. The Labute approximate surface area is 131 Å². The zero-order valence-corrected chi connectivity index (χ0v) is 13.3. The van der Waals surface area contributed by atoms with Crippen molar-refractivity contribution < 1.29 is 9.84 Å². The third-order valence-corrected chi connectivity index (χ3v) is 4.47. The van der Waals surface area contributed by atoms with Gasteiger partial charge in [-0.25, -0.2) is 0 Å². The zero-order chi connectivity index (χ0) is 15.4. The van der Waals surface area contributed by atoms with E-state index in [1.165, 1.54) is 32.1 Å². The van der Waals surface area contributed by atoms with Crippen molar-refractivity contribution in [2.24, 2.45) is 0 Å². The molecule has 3 N–H and O–H groups in total. The summed E-state index contributed by atoms with van der Waals surface area (Å²) in [6.45, 7) is 2.69. The summed E-state index contributed by atoms with van der Waals surface area (Å²) in [4.78, 5) is 3.17. The maximum Gasteiger partial charge on any atom is 0.128 e. The summed E-state index contributed by atoms with van der Waals surface area (Å²) in [5.74, 6) is 0.816. The Kier molecular flexibility index (Phi) is 4.69. The monoisotopic (exact) mass is 302 g/mol. The molecule has 4 nitrogen and oxygen atoms in total. The fraction of sp³-hybridized carbons (Fsp3) is 0.556. The normalized spacial score (nSPS) is 19.2. The van der Waals surface area contributed by atoms with Crippen molar-refractivity contribution in [2.45, 2.75) is 50.7 Å². The van der Waals surface area contributed by atoms with E-state index >= 15 is 0 Å². The molecule has 1 aromatic heterocycles. The Morgan fingerprint density at radius 1 is 1.27 bits per heavy atom. The van der Waals surface area contributed by atoms with Crippen LogP contribution < -0.4 is 10.1 Å². The molecule has 1 atom stereocenters. The van der Waals surface area contributed by atoms with Gasteiger partial charge in [-0.1, -0.05) is 25.3 Å². The van der Waals surface area contributed by atoms with E-state index in [9.17, 15) is 5.11 Å². The van der Waals surface area contributed by atoms with Crippen molar-refractivity contribution >= 4 is 10.9 Å². The van der Waals surface area contributed by atoms with Crippen LogP contribution in [0.3, 0.4) is 0 Å². The average molecular weight is 302 g/mol. The third kappa shape index (κ3) is 3.81. The highest BCUT2D eigenvalue weighted by molar-refractivity contribution is 5.85. The lowest BCUT2D eigenvalue weighted by Gasteiger charge is -2.29. The summed E-state index contributed by atoms with van der Waals surface area (Å²) < 4.78 is 5.87. The molecule has 0 unspecified atom stereocenters. The van der Waals surface area contributed by atoms with Crippen molar-refractivity contribution in [3.63, 3.8) is 0 Å². The number of nitrogens with one attached hydrogen (secondary N) is 2. The minimum Gasteiger partial charge on any atom is -0.490 e. The lowest BCUT2D eigenvalue weighted by molar-refractivity contribution is 0.00969. The molecule has 0 spiro atoms. The highest BCUT2D eigenvalue weighted by atomic mass is 16.5. The number of fused-ring (bicyclic) bond motifs is 1. The maximum atomic E-state index is 10.5. The third-order valence-electron chi connectivity index (χ3n) is 4.47. The van der Waals surface area contributed by atoms with Gasteiger partial charge in [-0.15, -0.1) is 0 Å². The van der Waals surface area contributed by atoms with Gasteiger partial charge in [0.05, 0.1) is 0 Å². The van der Waals surface area contributed by atoms with Gasteiger partial charge in [0.25, 0.3) is 0 Å². The lowest BCUT2D eigenvalue weighted by Crippen LogP contribution is -2.46. The molecule has 120 valence electrons. The van der Waals surface area contributed by atoms with E-state index in [0.29, 0.717) is 12.6 Å². The average Bonchev–Trinajstić information content (AvgIpc) is 3.01. The van der Waals surface area contributed by atoms with Gasteiger partial charge in [-0.2, -0.15) is 0 Å². The Morgan fingerprint density at radius 2 is 2.09 bits per heavy atom. The smallest absolute Gasteiger partial charge is 0.128 e. The fourth-order valence-corrected chi connectivity index (χ4v) is 3.14. The first-order valence-electron chi connectivity index (χ1n) is 8.29. The molecule has 1 aliphatic rings. The first-order valence-corrected chi connectivity index (χ1v) is 8.29. The summed E-state index contributed by atoms with van der Waals surface area (Å²) in [5, 5.41) is 15.1. The van der Waals surface area contributed by atoms with E-state index in [2.05, 4.69) is 10.3 Å². The minimum absolute atomic E-state index is 0.289. The molecule has 0 amide bonds. The van der Waals surface area contributed by atoms with Gasteiger partial charge < -0.3 is 20.1 Å². The van der Waals surface area contributed by atoms with Crippen LogP contribution in [0.5, 0.6) is 5.75 Å².